The summed E-state index contributed by atoms with van der Waals surface area (Å²) in [6.45, 7) is 5.59. The van der Waals surface area contributed by atoms with Gasteiger partial charge in [0.1, 0.15) is 16.3 Å². The summed E-state index contributed by atoms with van der Waals surface area (Å²) in [4.78, 5) is 29.0. The number of aromatic nitrogens is 1. The van der Waals surface area contributed by atoms with E-state index >= 15 is 0 Å². The van der Waals surface area contributed by atoms with Crippen molar-refractivity contribution in [2.24, 2.45) is 0 Å². The SMILES string of the molecule is Cc1ccc2nc(-c3ccc(NC(=O)[C@H](C)Oc4ccc5c(C)cc(=O)oc5c4)cc3)sc2c1. The molecule has 5 aromatic rings. The molecule has 0 bridgehead atoms. The van der Waals surface area contributed by atoms with Gasteiger partial charge in [-0.05, 0) is 80.4 Å². The fourth-order valence-electron chi connectivity index (χ4n) is 3.73. The second-order valence-corrected chi connectivity index (χ2v) is 9.25. The molecule has 0 saturated heterocycles. The number of hydrogen-bond acceptors (Lipinski definition) is 6. The molecule has 1 amide bonds. The standard InChI is InChI=1S/C27H22N2O4S/c1-15-4-11-22-24(12-15)34-27(29-22)18-5-7-19(8-6-18)28-26(31)17(3)32-20-9-10-21-16(2)13-25(30)33-23(21)14-20/h4-14,17H,1-3H3,(H,28,31)/t17-/m0/s1. The van der Waals surface area contributed by atoms with Gasteiger partial charge in [0.25, 0.3) is 5.91 Å². The Morgan fingerprint density at radius 3 is 2.62 bits per heavy atom. The summed E-state index contributed by atoms with van der Waals surface area (Å²) in [6, 6.07) is 20.5. The van der Waals surface area contributed by atoms with Gasteiger partial charge in [-0.3, -0.25) is 4.79 Å². The van der Waals surface area contributed by atoms with Gasteiger partial charge in [0.15, 0.2) is 6.10 Å². The lowest BCUT2D eigenvalue weighted by Crippen LogP contribution is -2.30. The number of ether oxygens (including phenoxy) is 1. The van der Waals surface area contributed by atoms with Gasteiger partial charge in [-0.2, -0.15) is 0 Å². The molecule has 6 nitrogen and oxygen atoms in total. The molecule has 7 heteroatoms. The molecule has 0 radical (unpaired) electrons. The van der Waals surface area contributed by atoms with Gasteiger partial charge in [0.2, 0.25) is 0 Å². The van der Waals surface area contributed by atoms with Crippen molar-refractivity contribution in [2.75, 3.05) is 5.32 Å². The summed E-state index contributed by atoms with van der Waals surface area (Å²) in [6.07, 6.45) is -0.749. The van der Waals surface area contributed by atoms with Crippen LogP contribution in [0.15, 0.2) is 75.9 Å². The van der Waals surface area contributed by atoms with Gasteiger partial charge < -0.3 is 14.5 Å². The Morgan fingerprint density at radius 2 is 1.82 bits per heavy atom. The first-order valence-corrected chi connectivity index (χ1v) is 11.7. The zero-order valence-electron chi connectivity index (χ0n) is 18.9. The maximum absolute atomic E-state index is 12.7. The molecule has 34 heavy (non-hydrogen) atoms. The maximum atomic E-state index is 12.7. The van der Waals surface area contributed by atoms with Gasteiger partial charge in [-0.1, -0.05) is 6.07 Å². The zero-order chi connectivity index (χ0) is 23.8. The molecule has 170 valence electrons. The number of nitrogens with zero attached hydrogens (tertiary/aromatic N) is 1. The number of fused-ring (bicyclic) bond motifs is 2. The molecule has 0 saturated carbocycles. The van der Waals surface area contributed by atoms with E-state index in [1.165, 1.54) is 11.6 Å². The average Bonchev–Trinajstić information content (AvgIpc) is 3.22. The molecule has 0 aliphatic heterocycles. The monoisotopic (exact) mass is 470 g/mol. The Hall–Kier alpha value is -3.97. The largest absolute Gasteiger partial charge is 0.481 e. The zero-order valence-corrected chi connectivity index (χ0v) is 19.7. The van der Waals surface area contributed by atoms with Crippen molar-refractivity contribution in [1.29, 1.82) is 0 Å². The van der Waals surface area contributed by atoms with E-state index in [0.717, 1.165) is 31.7 Å². The third-order valence-electron chi connectivity index (χ3n) is 5.55. The van der Waals surface area contributed by atoms with E-state index in [4.69, 9.17) is 14.1 Å². The van der Waals surface area contributed by atoms with E-state index in [9.17, 15) is 9.59 Å². The third-order valence-corrected chi connectivity index (χ3v) is 6.62. The molecule has 0 aliphatic carbocycles. The lowest BCUT2D eigenvalue weighted by Gasteiger charge is -2.15. The van der Waals surface area contributed by atoms with Crippen LogP contribution >= 0.6 is 11.3 Å². The minimum atomic E-state index is -0.749. The average molecular weight is 471 g/mol. The van der Waals surface area contributed by atoms with Crippen LogP contribution in [-0.4, -0.2) is 17.0 Å². The first kappa shape index (κ1) is 21.9. The Balaban J connectivity index is 1.27. The maximum Gasteiger partial charge on any atom is 0.336 e. The quantitative estimate of drug-likeness (QED) is 0.314. The number of carbonyl (C=O) groups excluding carboxylic acids is 1. The minimum absolute atomic E-state index is 0.283. The summed E-state index contributed by atoms with van der Waals surface area (Å²) in [5.74, 6) is 0.166. The van der Waals surface area contributed by atoms with Gasteiger partial charge in [0.05, 0.1) is 10.2 Å². The fraction of sp³-hybridized carbons (Fsp3) is 0.148. The van der Waals surface area contributed by atoms with E-state index in [1.807, 2.05) is 43.3 Å². The number of aryl methyl sites for hydroxylation is 2. The van der Waals surface area contributed by atoms with Crippen molar-refractivity contribution in [2.45, 2.75) is 26.9 Å². The number of rotatable bonds is 5. The van der Waals surface area contributed by atoms with E-state index < -0.39 is 11.7 Å². The Kier molecular flexibility index (Phi) is 5.63. The van der Waals surface area contributed by atoms with Gasteiger partial charge in [-0.25, -0.2) is 9.78 Å². The molecule has 3 aromatic carbocycles. The van der Waals surface area contributed by atoms with E-state index in [1.54, 1.807) is 30.4 Å². The van der Waals surface area contributed by atoms with Crippen molar-refractivity contribution in [3.63, 3.8) is 0 Å². The van der Waals surface area contributed by atoms with Gasteiger partial charge in [-0.15, -0.1) is 11.3 Å². The number of anilines is 1. The summed E-state index contributed by atoms with van der Waals surface area (Å²) in [7, 11) is 0. The second kappa shape index (κ2) is 8.76. The van der Waals surface area contributed by atoms with Crippen LogP contribution in [0.5, 0.6) is 5.75 Å². The third kappa shape index (κ3) is 4.43. The smallest absolute Gasteiger partial charge is 0.336 e. The minimum Gasteiger partial charge on any atom is -0.481 e. The Morgan fingerprint density at radius 1 is 1.03 bits per heavy atom. The predicted octanol–water partition coefficient (Wildman–Crippen LogP) is 6.09. The number of benzene rings is 3. The van der Waals surface area contributed by atoms with Crippen LogP contribution in [0.4, 0.5) is 5.69 Å². The number of carbonyl (C=O) groups is 1. The molecule has 2 heterocycles. The summed E-state index contributed by atoms with van der Waals surface area (Å²) in [5, 5.41) is 4.64. The highest BCUT2D eigenvalue weighted by atomic mass is 32.1. The van der Waals surface area contributed by atoms with E-state index in [-0.39, 0.29) is 5.91 Å². The summed E-state index contributed by atoms with van der Waals surface area (Å²) >= 11 is 1.65. The van der Waals surface area contributed by atoms with Crippen molar-refractivity contribution in [1.82, 2.24) is 4.98 Å². The molecule has 2 aromatic heterocycles. The molecule has 0 fully saturated rings. The van der Waals surface area contributed by atoms with Gasteiger partial charge in [0, 0.05) is 28.8 Å². The fourth-order valence-corrected chi connectivity index (χ4v) is 4.80. The Bertz CT molecular complexity index is 1580. The topological polar surface area (TPSA) is 81.4 Å². The van der Waals surface area contributed by atoms with Crippen LogP contribution in [0.25, 0.3) is 31.8 Å². The lowest BCUT2D eigenvalue weighted by atomic mass is 10.1. The molecule has 1 atom stereocenters. The van der Waals surface area contributed by atoms with Crippen LogP contribution in [0.2, 0.25) is 0 Å². The molecule has 5 rings (SSSR count). The summed E-state index contributed by atoms with van der Waals surface area (Å²) < 4.78 is 12.2. The highest BCUT2D eigenvalue weighted by Gasteiger charge is 2.16. The molecule has 0 aliphatic rings. The number of amides is 1. The molecule has 0 spiro atoms. The van der Waals surface area contributed by atoms with Crippen molar-refractivity contribution in [3.05, 3.63) is 88.3 Å². The number of thiazole rings is 1. The van der Waals surface area contributed by atoms with Crippen LogP contribution in [0, 0.1) is 13.8 Å². The van der Waals surface area contributed by atoms with Crippen LogP contribution in [-0.2, 0) is 4.79 Å². The predicted molar refractivity (Wildman–Crippen MR) is 136 cm³/mol. The first-order chi connectivity index (χ1) is 16.4. The van der Waals surface area contributed by atoms with Crippen molar-refractivity contribution < 1.29 is 13.9 Å². The van der Waals surface area contributed by atoms with Gasteiger partial charge >= 0.3 is 5.63 Å². The number of nitrogens with one attached hydrogen (secondary N) is 1. The lowest BCUT2D eigenvalue weighted by molar-refractivity contribution is -0.122. The highest BCUT2D eigenvalue weighted by Crippen LogP contribution is 2.31. The molecular formula is C27H22N2O4S. The normalized spacial score (nSPS) is 12.1. The Labute approximate surface area is 199 Å². The summed E-state index contributed by atoms with van der Waals surface area (Å²) in [5.41, 5.74) is 4.69. The van der Waals surface area contributed by atoms with E-state index in [2.05, 4.69) is 24.4 Å². The first-order valence-electron chi connectivity index (χ1n) is 10.9. The number of hydrogen-bond donors (Lipinski definition) is 1. The molecular weight excluding hydrogens is 448 g/mol. The van der Waals surface area contributed by atoms with Crippen molar-refractivity contribution >= 4 is 44.1 Å². The second-order valence-electron chi connectivity index (χ2n) is 8.22. The van der Waals surface area contributed by atoms with Crippen LogP contribution < -0.4 is 15.7 Å². The van der Waals surface area contributed by atoms with Crippen LogP contribution in [0.3, 0.4) is 0 Å². The molecule has 0 unspecified atom stereocenters. The highest BCUT2D eigenvalue weighted by molar-refractivity contribution is 7.21. The molecule has 1 N–H and O–H groups in total. The van der Waals surface area contributed by atoms with Crippen LogP contribution in [0.1, 0.15) is 18.1 Å². The van der Waals surface area contributed by atoms with Crippen molar-refractivity contribution in [3.8, 4) is 16.3 Å². The van der Waals surface area contributed by atoms with E-state index in [0.29, 0.717) is 17.0 Å².